The molecule has 0 aliphatic heterocycles. The average molecular weight is 212 g/mol. The van der Waals surface area contributed by atoms with Crippen molar-refractivity contribution in [1.29, 1.82) is 0 Å². The third kappa shape index (κ3) is 3.11. The lowest BCUT2D eigenvalue weighted by Crippen LogP contribution is -2.07. The summed E-state index contributed by atoms with van der Waals surface area (Å²) in [7, 11) is 3.18. The van der Waals surface area contributed by atoms with Crippen LogP contribution in [-0.4, -0.2) is 32.5 Å². The van der Waals surface area contributed by atoms with Gasteiger partial charge in [-0.3, -0.25) is 0 Å². The maximum atomic E-state index is 9.13. The van der Waals surface area contributed by atoms with Crippen LogP contribution >= 0.6 is 0 Å². The summed E-state index contributed by atoms with van der Waals surface area (Å²) in [6, 6.07) is 5.40. The quantitative estimate of drug-likeness (QED) is 0.720. The highest BCUT2D eigenvalue weighted by molar-refractivity contribution is 5.46. The molecule has 0 saturated heterocycles. The lowest BCUT2D eigenvalue weighted by molar-refractivity contribution is 0.142. The average Bonchev–Trinajstić information content (AvgIpc) is 2.29. The summed E-state index contributed by atoms with van der Waals surface area (Å²) in [5, 5.41) is 9.13. The van der Waals surface area contributed by atoms with Crippen molar-refractivity contribution in [3.8, 4) is 11.5 Å². The van der Waals surface area contributed by atoms with E-state index in [4.69, 9.17) is 19.3 Å². The second kappa shape index (κ2) is 6.27. The maximum Gasteiger partial charge on any atom is 0.166 e. The number of benzene rings is 1. The highest BCUT2D eigenvalue weighted by Gasteiger charge is 2.09. The zero-order valence-electron chi connectivity index (χ0n) is 9.03. The van der Waals surface area contributed by atoms with Crippen LogP contribution in [0.15, 0.2) is 18.2 Å². The van der Waals surface area contributed by atoms with Gasteiger partial charge in [-0.05, 0) is 6.07 Å². The van der Waals surface area contributed by atoms with Crippen LogP contribution in [0, 0.1) is 0 Å². The van der Waals surface area contributed by atoms with Crippen molar-refractivity contribution in [2.24, 2.45) is 0 Å². The van der Waals surface area contributed by atoms with Gasteiger partial charge in [-0.25, -0.2) is 0 Å². The standard InChI is InChI=1S/C11H16O4/c1-13-6-7-15-11-9(8-12)4-3-5-10(11)14-2/h3-5,12H,6-8H2,1-2H3. The summed E-state index contributed by atoms with van der Waals surface area (Å²) in [6.07, 6.45) is 0. The molecule has 0 unspecified atom stereocenters. The molecule has 0 saturated carbocycles. The van der Waals surface area contributed by atoms with E-state index >= 15 is 0 Å². The molecule has 0 aliphatic carbocycles. The number of hydrogen-bond donors (Lipinski definition) is 1. The van der Waals surface area contributed by atoms with Crippen molar-refractivity contribution in [2.45, 2.75) is 6.61 Å². The zero-order valence-corrected chi connectivity index (χ0v) is 9.03. The van der Waals surface area contributed by atoms with Crippen molar-refractivity contribution in [2.75, 3.05) is 27.4 Å². The van der Waals surface area contributed by atoms with Crippen molar-refractivity contribution in [3.05, 3.63) is 23.8 Å². The third-order valence-corrected chi connectivity index (χ3v) is 1.98. The van der Waals surface area contributed by atoms with Gasteiger partial charge in [0.25, 0.3) is 0 Å². The lowest BCUT2D eigenvalue weighted by Gasteiger charge is -2.13. The summed E-state index contributed by atoms with van der Waals surface area (Å²) in [4.78, 5) is 0. The van der Waals surface area contributed by atoms with Gasteiger partial charge in [-0.1, -0.05) is 12.1 Å². The fourth-order valence-electron chi connectivity index (χ4n) is 1.24. The first-order valence-electron chi connectivity index (χ1n) is 4.72. The van der Waals surface area contributed by atoms with Crippen LogP contribution in [0.25, 0.3) is 0 Å². The number of ether oxygens (including phenoxy) is 3. The molecule has 0 heterocycles. The van der Waals surface area contributed by atoms with Gasteiger partial charge in [-0.2, -0.15) is 0 Å². The van der Waals surface area contributed by atoms with Crippen LogP contribution in [-0.2, 0) is 11.3 Å². The van der Waals surface area contributed by atoms with Crippen molar-refractivity contribution >= 4 is 0 Å². The Morgan fingerprint density at radius 3 is 2.60 bits per heavy atom. The number of methoxy groups -OCH3 is 2. The van der Waals surface area contributed by atoms with E-state index < -0.39 is 0 Å². The summed E-state index contributed by atoms with van der Waals surface area (Å²) < 4.78 is 15.5. The molecule has 0 fully saturated rings. The monoisotopic (exact) mass is 212 g/mol. The molecular weight excluding hydrogens is 196 g/mol. The molecule has 0 bridgehead atoms. The highest BCUT2D eigenvalue weighted by atomic mass is 16.5. The van der Waals surface area contributed by atoms with Crippen molar-refractivity contribution < 1.29 is 19.3 Å². The molecule has 0 amide bonds. The molecule has 1 aromatic rings. The minimum Gasteiger partial charge on any atom is -0.493 e. The molecule has 0 radical (unpaired) electrons. The predicted molar refractivity (Wildman–Crippen MR) is 56.3 cm³/mol. The summed E-state index contributed by atoms with van der Waals surface area (Å²) in [6.45, 7) is 0.867. The second-order valence-corrected chi connectivity index (χ2v) is 2.95. The Morgan fingerprint density at radius 2 is 2.00 bits per heavy atom. The van der Waals surface area contributed by atoms with E-state index in [-0.39, 0.29) is 6.61 Å². The van der Waals surface area contributed by atoms with Gasteiger partial charge in [0, 0.05) is 12.7 Å². The Bertz CT molecular complexity index is 276. The van der Waals surface area contributed by atoms with Gasteiger partial charge in [0.1, 0.15) is 6.61 Å². The normalized spacial score (nSPS) is 10.1. The molecule has 15 heavy (non-hydrogen) atoms. The van der Waals surface area contributed by atoms with E-state index in [2.05, 4.69) is 0 Å². The van der Waals surface area contributed by atoms with Crippen LogP contribution in [0.5, 0.6) is 11.5 Å². The van der Waals surface area contributed by atoms with Crippen LogP contribution in [0.2, 0.25) is 0 Å². The first-order valence-corrected chi connectivity index (χ1v) is 4.72. The number of aliphatic hydroxyl groups is 1. The molecule has 4 nitrogen and oxygen atoms in total. The Morgan fingerprint density at radius 1 is 1.20 bits per heavy atom. The Balaban J connectivity index is 2.80. The minimum absolute atomic E-state index is 0.0699. The van der Waals surface area contributed by atoms with Gasteiger partial charge in [-0.15, -0.1) is 0 Å². The molecule has 1 N–H and O–H groups in total. The van der Waals surface area contributed by atoms with E-state index in [1.165, 1.54) is 0 Å². The predicted octanol–water partition coefficient (Wildman–Crippen LogP) is 1.21. The van der Waals surface area contributed by atoms with Gasteiger partial charge in [0.05, 0.1) is 20.3 Å². The zero-order chi connectivity index (χ0) is 11.1. The first-order chi connectivity index (χ1) is 7.33. The molecule has 1 aromatic carbocycles. The Kier molecular flexibility index (Phi) is 4.93. The highest BCUT2D eigenvalue weighted by Crippen LogP contribution is 2.30. The molecule has 0 atom stereocenters. The molecule has 0 aliphatic rings. The maximum absolute atomic E-state index is 9.13. The summed E-state index contributed by atoms with van der Waals surface area (Å²) in [5.41, 5.74) is 0.713. The number of hydrogen-bond acceptors (Lipinski definition) is 4. The SMILES string of the molecule is COCCOc1c(CO)cccc1OC. The molecule has 84 valence electrons. The smallest absolute Gasteiger partial charge is 0.166 e. The largest absolute Gasteiger partial charge is 0.493 e. The van der Waals surface area contributed by atoms with Crippen molar-refractivity contribution in [1.82, 2.24) is 0 Å². The Labute approximate surface area is 89.4 Å². The van der Waals surface area contributed by atoms with E-state index in [1.807, 2.05) is 6.07 Å². The Hall–Kier alpha value is -1.26. The van der Waals surface area contributed by atoms with Crippen LogP contribution < -0.4 is 9.47 Å². The number of aliphatic hydroxyl groups excluding tert-OH is 1. The van der Waals surface area contributed by atoms with Crippen molar-refractivity contribution in [3.63, 3.8) is 0 Å². The topological polar surface area (TPSA) is 47.9 Å². The van der Waals surface area contributed by atoms with E-state index in [9.17, 15) is 0 Å². The van der Waals surface area contributed by atoms with Crippen LogP contribution in [0.4, 0.5) is 0 Å². The van der Waals surface area contributed by atoms with E-state index in [1.54, 1.807) is 26.4 Å². The van der Waals surface area contributed by atoms with Gasteiger partial charge in [0.15, 0.2) is 11.5 Å². The fourth-order valence-corrected chi connectivity index (χ4v) is 1.24. The fraction of sp³-hybridized carbons (Fsp3) is 0.455. The summed E-state index contributed by atoms with van der Waals surface area (Å²) >= 11 is 0. The van der Waals surface area contributed by atoms with E-state index in [0.29, 0.717) is 30.3 Å². The molecule has 0 spiro atoms. The lowest BCUT2D eigenvalue weighted by atomic mass is 10.2. The van der Waals surface area contributed by atoms with Crippen LogP contribution in [0.3, 0.4) is 0 Å². The number of para-hydroxylation sites is 1. The molecule has 0 aromatic heterocycles. The molecule has 1 rings (SSSR count). The second-order valence-electron chi connectivity index (χ2n) is 2.95. The van der Waals surface area contributed by atoms with Crippen LogP contribution in [0.1, 0.15) is 5.56 Å². The van der Waals surface area contributed by atoms with Gasteiger partial charge in [0.2, 0.25) is 0 Å². The van der Waals surface area contributed by atoms with E-state index in [0.717, 1.165) is 0 Å². The molecule has 4 heteroatoms. The first kappa shape index (κ1) is 11.8. The third-order valence-electron chi connectivity index (χ3n) is 1.98. The van der Waals surface area contributed by atoms with Gasteiger partial charge >= 0.3 is 0 Å². The summed E-state index contributed by atoms with van der Waals surface area (Å²) in [5.74, 6) is 1.21. The number of rotatable bonds is 6. The molecular formula is C11H16O4. The minimum atomic E-state index is -0.0699. The van der Waals surface area contributed by atoms with Gasteiger partial charge < -0.3 is 19.3 Å².